The molecule has 0 unspecified atom stereocenters. The molecule has 1 atom stereocenters. The van der Waals surface area contributed by atoms with Crippen molar-refractivity contribution in [2.75, 3.05) is 11.9 Å². The van der Waals surface area contributed by atoms with Gasteiger partial charge in [0.1, 0.15) is 17.7 Å². The van der Waals surface area contributed by atoms with Gasteiger partial charge < -0.3 is 14.7 Å². The highest BCUT2D eigenvalue weighted by atomic mass is 35.5. The lowest BCUT2D eigenvalue weighted by Gasteiger charge is -2.22. The monoisotopic (exact) mass is 404 g/mol. The third kappa shape index (κ3) is 3.68. The van der Waals surface area contributed by atoms with Gasteiger partial charge >= 0.3 is 6.03 Å². The second kappa shape index (κ2) is 7.55. The van der Waals surface area contributed by atoms with E-state index >= 15 is 0 Å². The molecule has 1 aliphatic rings. The molecular formula is C19H15ClF2N4O2. The molecular weight excluding hydrogens is 390 g/mol. The predicted octanol–water partition coefficient (Wildman–Crippen LogP) is 5.04. The maximum absolute atomic E-state index is 13.8. The molecule has 3 aromatic rings. The summed E-state index contributed by atoms with van der Waals surface area (Å²) in [5, 5.41) is 6.98. The first-order chi connectivity index (χ1) is 13.5. The molecule has 1 N–H and O–H groups in total. The molecule has 0 saturated carbocycles. The average Bonchev–Trinajstić information content (AvgIpc) is 3.33. The maximum Gasteiger partial charge on any atom is 0.322 e. The van der Waals surface area contributed by atoms with Crippen LogP contribution in [-0.4, -0.2) is 27.6 Å². The van der Waals surface area contributed by atoms with Crippen molar-refractivity contribution in [3.63, 3.8) is 0 Å². The number of hydrogen-bond acceptors (Lipinski definition) is 4. The summed E-state index contributed by atoms with van der Waals surface area (Å²) in [6.45, 7) is 0.453. The number of amides is 2. The molecule has 1 aliphatic heterocycles. The minimum absolute atomic E-state index is 0.0952. The van der Waals surface area contributed by atoms with Crippen LogP contribution in [0.15, 0.2) is 47.0 Å². The normalized spacial score (nSPS) is 16.4. The second-order valence-electron chi connectivity index (χ2n) is 6.37. The first kappa shape index (κ1) is 18.4. The smallest absolute Gasteiger partial charge is 0.322 e. The van der Waals surface area contributed by atoms with Gasteiger partial charge in [-0.15, -0.1) is 0 Å². The topological polar surface area (TPSA) is 71.3 Å². The van der Waals surface area contributed by atoms with Crippen LogP contribution in [0.2, 0.25) is 5.02 Å². The number of halogens is 3. The molecule has 144 valence electrons. The fourth-order valence-electron chi connectivity index (χ4n) is 3.16. The molecule has 1 fully saturated rings. The maximum atomic E-state index is 13.8. The summed E-state index contributed by atoms with van der Waals surface area (Å²) < 4.78 is 32.2. The first-order valence-electron chi connectivity index (χ1n) is 8.63. The predicted molar refractivity (Wildman–Crippen MR) is 98.8 cm³/mol. The molecule has 2 heterocycles. The van der Waals surface area contributed by atoms with E-state index < -0.39 is 23.7 Å². The van der Waals surface area contributed by atoms with Crippen molar-refractivity contribution in [1.82, 2.24) is 15.0 Å². The molecule has 6 nitrogen and oxygen atoms in total. The standard InChI is InChI=1S/C19H15ClF2N4O2/c20-12-4-1-3-11(9-12)17-24-18(28-25-17)16-5-2-8-26(16)19(27)23-15-7-6-13(21)10-14(15)22/h1,3-4,6-7,9-10,16H,2,5,8H2,(H,23,27)/t16-/m0/s1. The van der Waals surface area contributed by atoms with E-state index in [2.05, 4.69) is 15.5 Å². The van der Waals surface area contributed by atoms with Gasteiger partial charge in [0.25, 0.3) is 0 Å². The van der Waals surface area contributed by atoms with Crippen LogP contribution in [0, 0.1) is 11.6 Å². The molecule has 2 amide bonds. The second-order valence-corrected chi connectivity index (χ2v) is 6.81. The van der Waals surface area contributed by atoms with E-state index in [1.807, 2.05) is 0 Å². The molecule has 1 saturated heterocycles. The van der Waals surface area contributed by atoms with Crippen LogP contribution in [0.1, 0.15) is 24.8 Å². The van der Waals surface area contributed by atoms with Crippen LogP contribution >= 0.6 is 11.6 Å². The fraction of sp³-hybridized carbons (Fsp3) is 0.211. The van der Waals surface area contributed by atoms with Gasteiger partial charge in [0.2, 0.25) is 11.7 Å². The number of rotatable bonds is 3. The number of urea groups is 1. The van der Waals surface area contributed by atoms with Crippen LogP contribution in [0.4, 0.5) is 19.3 Å². The number of nitrogens with zero attached hydrogens (tertiary/aromatic N) is 3. The number of aromatic nitrogens is 2. The van der Waals surface area contributed by atoms with E-state index in [0.29, 0.717) is 41.3 Å². The molecule has 1 aromatic heterocycles. The lowest BCUT2D eigenvalue weighted by molar-refractivity contribution is 0.193. The Kier molecular flexibility index (Phi) is 4.95. The summed E-state index contributed by atoms with van der Waals surface area (Å²) in [6, 6.07) is 9.06. The molecule has 28 heavy (non-hydrogen) atoms. The van der Waals surface area contributed by atoms with Crippen molar-refractivity contribution < 1.29 is 18.1 Å². The Morgan fingerprint density at radius 3 is 2.89 bits per heavy atom. The van der Waals surface area contributed by atoms with Gasteiger partial charge in [-0.2, -0.15) is 4.98 Å². The van der Waals surface area contributed by atoms with Crippen molar-refractivity contribution in [2.24, 2.45) is 0 Å². The molecule has 0 radical (unpaired) electrons. The molecule has 0 bridgehead atoms. The molecule has 4 rings (SSSR count). The summed E-state index contributed by atoms with van der Waals surface area (Å²) in [5.74, 6) is -0.893. The van der Waals surface area contributed by atoms with Crippen molar-refractivity contribution in [3.05, 3.63) is 65.0 Å². The van der Waals surface area contributed by atoms with Crippen LogP contribution < -0.4 is 5.32 Å². The van der Waals surface area contributed by atoms with Gasteiger partial charge in [0.15, 0.2) is 0 Å². The Balaban J connectivity index is 1.53. The van der Waals surface area contributed by atoms with Crippen molar-refractivity contribution in [2.45, 2.75) is 18.9 Å². The van der Waals surface area contributed by atoms with Crippen molar-refractivity contribution in [3.8, 4) is 11.4 Å². The van der Waals surface area contributed by atoms with E-state index in [4.69, 9.17) is 16.1 Å². The van der Waals surface area contributed by atoms with E-state index in [1.54, 1.807) is 24.3 Å². The van der Waals surface area contributed by atoms with E-state index in [1.165, 1.54) is 11.0 Å². The third-order valence-electron chi connectivity index (χ3n) is 4.50. The van der Waals surface area contributed by atoms with Crippen molar-refractivity contribution in [1.29, 1.82) is 0 Å². The minimum Gasteiger partial charge on any atom is -0.337 e. The van der Waals surface area contributed by atoms with Crippen LogP contribution in [0.5, 0.6) is 0 Å². The summed E-state index contributed by atoms with van der Waals surface area (Å²) >= 11 is 5.99. The number of likely N-dealkylation sites (tertiary alicyclic amines) is 1. The summed E-state index contributed by atoms with van der Waals surface area (Å²) in [7, 11) is 0. The SMILES string of the molecule is O=C(Nc1ccc(F)cc1F)N1CCC[C@H]1c1nc(-c2cccc(Cl)c2)no1. The number of nitrogens with one attached hydrogen (secondary N) is 1. The highest BCUT2D eigenvalue weighted by Crippen LogP contribution is 2.33. The largest absolute Gasteiger partial charge is 0.337 e. The number of hydrogen-bond donors (Lipinski definition) is 1. The Bertz CT molecular complexity index is 1030. The zero-order chi connectivity index (χ0) is 19.7. The quantitative estimate of drug-likeness (QED) is 0.664. The Hall–Kier alpha value is -3.00. The third-order valence-corrected chi connectivity index (χ3v) is 4.73. The number of benzene rings is 2. The van der Waals surface area contributed by atoms with E-state index in [-0.39, 0.29) is 5.69 Å². The van der Waals surface area contributed by atoms with Gasteiger partial charge in [-0.25, -0.2) is 13.6 Å². The lowest BCUT2D eigenvalue weighted by Crippen LogP contribution is -2.34. The minimum atomic E-state index is -0.842. The summed E-state index contributed by atoms with van der Waals surface area (Å²) in [5.41, 5.74) is 0.604. The van der Waals surface area contributed by atoms with Crippen LogP contribution in [0.3, 0.4) is 0 Å². The first-order valence-corrected chi connectivity index (χ1v) is 9.01. The van der Waals surface area contributed by atoms with Gasteiger partial charge in [-0.1, -0.05) is 28.9 Å². The number of carbonyl (C=O) groups excluding carboxylic acids is 1. The number of anilines is 1. The zero-order valence-electron chi connectivity index (χ0n) is 14.5. The average molecular weight is 405 g/mol. The van der Waals surface area contributed by atoms with E-state index in [9.17, 15) is 13.6 Å². The van der Waals surface area contributed by atoms with Crippen LogP contribution in [-0.2, 0) is 0 Å². The zero-order valence-corrected chi connectivity index (χ0v) is 15.3. The molecule has 9 heteroatoms. The highest BCUT2D eigenvalue weighted by molar-refractivity contribution is 6.30. The summed E-state index contributed by atoms with van der Waals surface area (Å²) in [4.78, 5) is 18.5. The Morgan fingerprint density at radius 2 is 2.11 bits per heavy atom. The Labute approximate surface area is 164 Å². The Morgan fingerprint density at radius 1 is 1.25 bits per heavy atom. The van der Waals surface area contributed by atoms with Gasteiger partial charge in [0.05, 0.1) is 5.69 Å². The van der Waals surface area contributed by atoms with E-state index in [0.717, 1.165) is 12.5 Å². The lowest BCUT2D eigenvalue weighted by atomic mass is 10.2. The summed E-state index contributed by atoms with van der Waals surface area (Å²) in [6.07, 6.45) is 1.37. The molecule has 2 aromatic carbocycles. The molecule has 0 aliphatic carbocycles. The molecule has 0 spiro atoms. The van der Waals surface area contributed by atoms with Gasteiger partial charge in [-0.3, -0.25) is 0 Å². The number of carbonyl (C=O) groups is 1. The van der Waals surface area contributed by atoms with Crippen LogP contribution in [0.25, 0.3) is 11.4 Å². The van der Waals surface area contributed by atoms with Gasteiger partial charge in [-0.05, 0) is 37.1 Å². The van der Waals surface area contributed by atoms with Crippen molar-refractivity contribution >= 4 is 23.3 Å². The highest BCUT2D eigenvalue weighted by Gasteiger charge is 2.34. The van der Waals surface area contributed by atoms with Gasteiger partial charge in [0, 0.05) is 23.2 Å². The fourth-order valence-corrected chi connectivity index (χ4v) is 3.35.